The largest absolute Gasteiger partial charge is 0.497 e. The fraction of sp³-hybridized carbons (Fsp3) is 0.222. The summed E-state index contributed by atoms with van der Waals surface area (Å²) in [5.74, 6) is -0.361. The average molecular weight is 382 g/mol. The number of amides is 1. The van der Waals surface area contributed by atoms with Crippen LogP contribution in [-0.2, 0) is 16.1 Å². The van der Waals surface area contributed by atoms with Crippen LogP contribution in [0.3, 0.4) is 0 Å². The average Bonchev–Trinajstić information content (AvgIpc) is 2.59. The summed E-state index contributed by atoms with van der Waals surface area (Å²) in [6, 6.07) is 11.7. The molecule has 0 heterocycles. The molecule has 0 aromatic heterocycles. The summed E-state index contributed by atoms with van der Waals surface area (Å²) in [4.78, 5) is 24.2. The molecule has 0 aliphatic heterocycles. The van der Waals surface area contributed by atoms with Crippen LogP contribution in [-0.4, -0.2) is 25.1 Å². The van der Waals surface area contributed by atoms with Gasteiger partial charge in [0.25, 0.3) is 5.91 Å². The molecule has 0 bridgehead atoms. The van der Waals surface area contributed by atoms with Gasteiger partial charge in [0, 0.05) is 11.6 Å². The van der Waals surface area contributed by atoms with Crippen LogP contribution < -0.4 is 10.1 Å². The van der Waals surface area contributed by atoms with E-state index >= 15 is 0 Å². The molecule has 1 amide bonds. The molecule has 1 atom stereocenters. The van der Waals surface area contributed by atoms with E-state index in [-0.39, 0.29) is 10.6 Å². The number of rotatable bonds is 6. The SMILES string of the molecule is COc1ccc(CNC(=O)[C@@H](C)OC(=O)c2ccc(Cl)cc2Cl)cc1. The zero-order valence-corrected chi connectivity index (χ0v) is 15.2. The summed E-state index contributed by atoms with van der Waals surface area (Å²) in [5.41, 5.74) is 1.05. The van der Waals surface area contributed by atoms with Crippen LogP contribution in [0.2, 0.25) is 10.0 Å². The minimum atomic E-state index is -0.961. The molecule has 0 aliphatic rings. The van der Waals surface area contributed by atoms with Gasteiger partial charge >= 0.3 is 5.97 Å². The minimum absolute atomic E-state index is 0.154. The number of hydrogen-bond donors (Lipinski definition) is 1. The van der Waals surface area contributed by atoms with Crippen LogP contribution in [0.25, 0.3) is 0 Å². The second kappa shape index (κ2) is 8.74. The molecule has 2 aromatic carbocycles. The third-order valence-electron chi connectivity index (χ3n) is 3.43. The van der Waals surface area contributed by atoms with Gasteiger partial charge in [-0.25, -0.2) is 4.79 Å². The van der Waals surface area contributed by atoms with Gasteiger partial charge in [-0.2, -0.15) is 0 Å². The number of esters is 1. The standard InChI is InChI=1S/C18H17Cl2NO4/c1-11(25-18(23)15-8-5-13(19)9-16(15)20)17(22)21-10-12-3-6-14(24-2)7-4-12/h3-9,11H,10H2,1-2H3,(H,21,22)/t11-/m1/s1. The third kappa shape index (κ3) is 5.37. The Morgan fingerprint density at radius 1 is 1.12 bits per heavy atom. The fourth-order valence-corrected chi connectivity index (χ4v) is 2.49. The van der Waals surface area contributed by atoms with Crippen LogP contribution in [0.15, 0.2) is 42.5 Å². The number of methoxy groups -OCH3 is 1. The number of nitrogens with one attached hydrogen (secondary N) is 1. The molecular formula is C18H17Cl2NO4. The Kier molecular flexibility index (Phi) is 6.67. The summed E-state index contributed by atoms with van der Waals surface area (Å²) in [6.45, 7) is 1.80. The number of halogens is 2. The maximum absolute atomic E-state index is 12.1. The maximum atomic E-state index is 12.1. The highest BCUT2D eigenvalue weighted by molar-refractivity contribution is 6.36. The van der Waals surface area contributed by atoms with Gasteiger partial charge in [0.15, 0.2) is 6.10 Å². The Bertz CT molecular complexity index is 762. The van der Waals surface area contributed by atoms with E-state index in [2.05, 4.69) is 5.32 Å². The second-order valence-electron chi connectivity index (χ2n) is 5.24. The van der Waals surface area contributed by atoms with E-state index in [0.29, 0.717) is 11.6 Å². The highest BCUT2D eigenvalue weighted by Gasteiger charge is 2.20. The van der Waals surface area contributed by atoms with E-state index in [4.69, 9.17) is 32.7 Å². The van der Waals surface area contributed by atoms with Crippen LogP contribution in [0.4, 0.5) is 0 Å². The Hall–Kier alpha value is -2.24. The van der Waals surface area contributed by atoms with Crippen LogP contribution >= 0.6 is 23.2 Å². The van der Waals surface area contributed by atoms with Crippen molar-refractivity contribution in [1.29, 1.82) is 0 Å². The topological polar surface area (TPSA) is 64.6 Å². The van der Waals surface area contributed by atoms with Gasteiger partial charge in [-0.05, 0) is 42.8 Å². The molecule has 2 rings (SSSR count). The number of carbonyl (C=O) groups is 2. The number of ether oxygens (including phenoxy) is 2. The molecule has 0 fully saturated rings. The molecule has 0 saturated carbocycles. The lowest BCUT2D eigenvalue weighted by atomic mass is 10.2. The summed E-state index contributed by atoms with van der Waals surface area (Å²) < 4.78 is 10.2. The molecule has 0 saturated heterocycles. The lowest BCUT2D eigenvalue weighted by molar-refractivity contribution is -0.129. The molecule has 0 spiro atoms. The van der Waals surface area contributed by atoms with Gasteiger partial charge in [-0.15, -0.1) is 0 Å². The molecule has 0 unspecified atom stereocenters. The number of carbonyl (C=O) groups excluding carboxylic acids is 2. The Labute approximate surface area is 155 Å². The van der Waals surface area contributed by atoms with Crippen molar-refractivity contribution in [2.24, 2.45) is 0 Å². The van der Waals surface area contributed by atoms with E-state index in [9.17, 15) is 9.59 Å². The van der Waals surface area contributed by atoms with E-state index in [1.807, 2.05) is 12.1 Å². The van der Waals surface area contributed by atoms with Crippen molar-refractivity contribution in [2.45, 2.75) is 19.6 Å². The quantitative estimate of drug-likeness (QED) is 0.771. The molecule has 1 N–H and O–H groups in total. The van der Waals surface area contributed by atoms with E-state index < -0.39 is 18.0 Å². The van der Waals surface area contributed by atoms with Crippen molar-refractivity contribution in [1.82, 2.24) is 5.32 Å². The van der Waals surface area contributed by atoms with E-state index in [1.54, 1.807) is 19.2 Å². The van der Waals surface area contributed by atoms with Crippen molar-refractivity contribution in [3.63, 3.8) is 0 Å². The predicted molar refractivity (Wildman–Crippen MR) is 96.2 cm³/mol. The molecule has 5 nitrogen and oxygen atoms in total. The Morgan fingerprint density at radius 3 is 2.40 bits per heavy atom. The van der Waals surface area contributed by atoms with Gasteiger partial charge in [0.1, 0.15) is 5.75 Å². The molecule has 7 heteroatoms. The van der Waals surface area contributed by atoms with E-state index in [1.165, 1.54) is 25.1 Å². The summed E-state index contributed by atoms with van der Waals surface area (Å²) >= 11 is 11.7. The third-order valence-corrected chi connectivity index (χ3v) is 3.98. The van der Waals surface area contributed by atoms with Gasteiger partial charge in [-0.1, -0.05) is 35.3 Å². The Balaban J connectivity index is 1.89. The van der Waals surface area contributed by atoms with Gasteiger partial charge in [-0.3, -0.25) is 4.79 Å². The minimum Gasteiger partial charge on any atom is -0.497 e. The van der Waals surface area contributed by atoms with E-state index in [0.717, 1.165) is 11.3 Å². The van der Waals surface area contributed by atoms with Crippen molar-refractivity contribution in [2.75, 3.05) is 7.11 Å². The normalized spacial score (nSPS) is 11.5. The smallest absolute Gasteiger partial charge is 0.340 e. The first kappa shape index (κ1) is 19.1. The molecule has 25 heavy (non-hydrogen) atoms. The predicted octanol–water partition coefficient (Wildman–Crippen LogP) is 3.86. The summed E-state index contributed by atoms with van der Waals surface area (Å²) in [6.07, 6.45) is -0.961. The molecule has 0 aliphatic carbocycles. The first-order valence-electron chi connectivity index (χ1n) is 7.47. The lowest BCUT2D eigenvalue weighted by Gasteiger charge is -2.14. The molecule has 2 aromatic rings. The second-order valence-corrected chi connectivity index (χ2v) is 6.08. The van der Waals surface area contributed by atoms with Gasteiger partial charge in [0.05, 0.1) is 17.7 Å². The lowest BCUT2D eigenvalue weighted by Crippen LogP contribution is -2.35. The number of hydrogen-bond acceptors (Lipinski definition) is 4. The van der Waals surface area contributed by atoms with Gasteiger partial charge in [0.2, 0.25) is 0 Å². The molecular weight excluding hydrogens is 365 g/mol. The monoisotopic (exact) mass is 381 g/mol. The van der Waals surface area contributed by atoms with Crippen LogP contribution in [0.5, 0.6) is 5.75 Å². The zero-order valence-electron chi connectivity index (χ0n) is 13.7. The van der Waals surface area contributed by atoms with Crippen LogP contribution in [0, 0.1) is 0 Å². The summed E-state index contributed by atoms with van der Waals surface area (Å²) in [7, 11) is 1.58. The first-order valence-corrected chi connectivity index (χ1v) is 8.23. The zero-order chi connectivity index (χ0) is 18.4. The van der Waals surface area contributed by atoms with Crippen LogP contribution in [0.1, 0.15) is 22.8 Å². The first-order chi connectivity index (χ1) is 11.9. The maximum Gasteiger partial charge on any atom is 0.340 e. The van der Waals surface area contributed by atoms with Crippen molar-refractivity contribution in [3.8, 4) is 5.75 Å². The highest BCUT2D eigenvalue weighted by Crippen LogP contribution is 2.22. The van der Waals surface area contributed by atoms with Crippen molar-refractivity contribution in [3.05, 3.63) is 63.6 Å². The molecule has 0 radical (unpaired) electrons. The fourth-order valence-electron chi connectivity index (χ4n) is 2.01. The Morgan fingerprint density at radius 2 is 1.80 bits per heavy atom. The van der Waals surface area contributed by atoms with Crippen molar-refractivity contribution >= 4 is 35.1 Å². The van der Waals surface area contributed by atoms with Crippen molar-refractivity contribution < 1.29 is 19.1 Å². The number of benzene rings is 2. The summed E-state index contributed by atoms with van der Waals surface area (Å²) in [5, 5.41) is 3.28. The van der Waals surface area contributed by atoms with Gasteiger partial charge < -0.3 is 14.8 Å². The molecule has 132 valence electrons. The highest BCUT2D eigenvalue weighted by atomic mass is 35.5.